The van der Waals surface area contributed by atoms with Gasteiger partial charge in [0.1, 0.15) is 0 Å². The van der Waals surface area contributed by atoms with Crippen molar-refractivity contribution in [3.63, 3.8) is 0 Å². The lowest BCUT2D eigenvalue weighted by Crippen LogP contribution is -2.47. The molecular formula is C22H34IN3O2. The van der Waals surface area contributed by atoms with Gasteiger partial charge in [0.05, 0.1) is 19.1 Å². The van der Waals surface area contributed by atoms with E-state index >= 15 is 0 Å². The summed E-state index contributed by atoms with van der Waals surface area (Å²) in [5.74, 6) is 0.973. The fraction of sp³-hybridized carbons (Fsp3) is 0.636. The van der Waals surface area contributed by atoms with Crippen LogP contribution in [-0.4, -0.2) is 49.6 Å². The van der Waals surface area contributed by atoms with Gasteiger partial charge in [0, 0.05) is 25.0 Å². The van der Waals surface area contributed by atoms with E-state index in [4.69, 9.17) is 9.73 Å². The van der Waals surface area contributed by atoms with E-state index in [1.807, 2.05) is 6.92 Å². The molecule has 2 fully saturated rings. The molecule has 0 radical (unpaired) electrons. The quantitative estimate of drug-likeness (QED) is 0.280. The molecule has 0 aromatic heterocycles. The van der Waals surface area contributed by atoms with Gasteiger partial charge in [-0.3, -0.25) is 9.79 Å². The van der Waals surface area contributed by atoms with Crippen LogP contribution in [0.4, 0.5) is 0 Å². The van der Waals surface area contributed by atoms with Crippen LogP contribution in [0, 0.1) is 12.8 Å². The molecule has 3 rings (SSSR count). The highest BCUT2D eigenvalue weighted by molar-refractivity contribution is 14.0. The number of carbonyl (C=O) groups is 1. The number of ether oxygens (including phenoxy) is 1. The monoisotopic (exact) mass is 499 g/mol. The number of likely N-dealkylation sites (tertiary alicyclic amines) is 1. The summed E-state index contributed by atoms with van der Waals surface area (Å²) in [6.45, 7) is 10.0. The number of piperidine rings is 1. The highest BCUT2D eigenvalue weighted by Gasteiger charge is 2.45. The number of halogens is 1. The third-order valence-corrected chi connectivity index (χ3v) is 5.85. The van der Waals surface area contributed by atoms with Crippen molar-refractivity contribution in [1.29, 1.82) is 0 Å². The van der Waals surface area contributed by atoms with Gasteiger partial charge >= 0.3 is 5.97 Å². The second kappa shape index (κ2) is 10.5. The van der Waals surface area contributed by atoms with Crippen LogP contribution in [0.15, 0.2) is 29.3 Å². The highest BCUT2D eigenvalue weighted by Crippen LogP contribution is 2.49. The van der Waals surface area contributed by atoms with E-state index in [0.29, 0.717) is 6.61 Å². The first-order chi connectivity index (χ1) is 13.1. The van der Waals surface area contributed by atoms with Gasteiger partial charge in [-0.25, -0.2) is 0 Å². The maximum absolute atomic E-state index is 12.0. The second-order valence-corrected chi connectivity index (χ2v) is 7.78. The molecule has 2 aliphatic rings. The third-order valence-electron chi connectivity index (χ3n) is 5.85. The summed E-state index contributed by atoms with van der Waals surface area (Å²) in [6, 6.07) is 8.70. The molecule has 1 aliphatic carbocycles. The average Bonchev–Trinajstić information content (AvgIpc) is 3.47. The summed E-state index contributed by atoms with van der Waals surface area (Å²) < 4.78 is 5.18. The molecule has 28 heavy (non-hydrogen) atoms. The second-order valence-electron chi connectivity index (χ2n) is 7.78. The lowest BCUT2D eigenvalue weighted by molar-refractivity contribution is -0.149. The SMILES string of the molecule is CCNC(=NCC1(c2ccccc2C)CC1)N1CCC(C(=O)OCC)CC1.I. The van der Waals surface area contributed by atoms with Crippen LogP contribution in [0.5, 0.6) is 0 Å². The zero-order valence-corrected chi connectivity index (χ0v) is 19.7. The standard InChI is InChI=1S/C22H33N3O2.HI/c1-4-23-21(25-14-10-18(11-15-25)20(26)27-5-2)24-16-22(12-13-22)19-9-7-6-8-17(19)3;/h6-9,18H,4-5,10-16H2,1-3H3,(H,23,24);1H. The lowest BCUT2D eigenvalue weighted by Gasteiger charge is -2.33. The van der Waals surface area contributed by atoms with Crippen LogP contribution in [0.1, 0.15) is 50.7 Å². The van der Waals surface area contributed by atoms with Crippen molar-refractivity contribution in [2.45, 2.75) is 51.9 Å². The number of hydrogen-bond donors (Lipinski definition) is 1. The van der Waals surface area contributed by atoms with Crippen LogP contribution < -0.4 is 5.32 Å². The largest absolute Gasteiger partial charge is 0.466 e. The summed E-state index contributed by atoms with van der Waals surface area (Å²) in [6.07, 6.45) is 4.11. The van der Waals surface area contributed by atoms with Gasteiger partial charge in [-0.2, -0.15) is 0 Å². The van der Waals surface area contributed by atoms with Crippen LogP contribution in [-0.2, 0) is 14.9 Å². The minimum atomic E-state index is -0.0458. The molecule has 0 amide bonds. The summed E-state index contributed by atoms with van der Waals surface area (Å²) in [4.78, 5) is 19.3. The van der Waals surface area contributed by atoms with Crippen molar-refractivity contribution < 1.29 is 9.53 Å². The highest BCUT2D eigenvalue weighted by atomic mass is 127. The van der Waals surface area contributed by atoms with Gasteiger partial charge in [-0.15, -0.1) is 24.0 Å². The molecule has 0 unspecified atom stereocenters. The summed E-state index contributed by atoms with van der Waals surface area (Å²) in [5, 5.41) is 3.45. The summed E-state index contributed by atoms with van der Waals surface area (Å²) in [7, 11) is 0. The predicted molar refractivity (Wildman–Crippen MR) is 124 cm³/mol. The number of aliphatic imine (C=N–C) groups is 1. The number of nitrogens with zero attached hydrogens (tertiary/aromatic N) is 2. The topological polar surface area (TPSA) is 53.9 Å². The Morgan fingerprint density at radius 2 is 1.93 bits per heavy atom. The predicted octanol–water partition coefficient (Wildman–Crippen LogP) is 3.89. The average molecular weight is 499 g/mol. The maximum atomic E-state index is 12.0. The molecule has 1 saturated carbocycles. The molecule has 1 saturated heterocycles. The number of aryl methyl sites for hydroxylation is 1. The Morgan fingerprint density at radius 3 is 2.50 bits per heavy atom. The van der Waals surface area contributed by atoms with Crippen LogP contribution in [0.2, 0.25) is 0 Å². The fourth-order valence-corrected chi connectivity index (χ4v) is 4.07. The Hall–Kier alpha value is -1.31. The van der Waals surface area contributed by atoms with Gasteiger partial charge < -0.3 is 15.0 Å². The van der Waals surface area contributed by atoms with E-state index in [2.05, 4.69) is 48.3 Å². The number of hydrogen-bond acceptors (Lipinski definition) is 3. The van der Waals surface area contributed by atoms with Crippen molar-refractivity contribution in [2.24, 2.45) is 10.9 Å². The Morgan fingerprint density at radius 1 is 1.25 bits per heavy atom. The maximum Gasteiger partial charge on any atom is 0.309 e. The number of esters is 1. The van der Waals surface area contributed by atoms with E-state index in [-0.39, 0.29) is 41.3 Å². The molecule has 0 spiro atoms. The van der Waals surface area contributed by atoms with Gasteiger partial charge in [-0.1, -0.05) is 24.3 Å². The van der Waals surface area contributed by atoms with E-state index in [0.717, 1.165) is 45.0 Å². The molecule has 5 nitrogen and oxygen atoms in total. The molecule has 1 aliphatic heterocycles. The Labute approximate surface area is 186 Å². The molecular weight excluding hydrogens is 465 g/mol. The molecule has 6 heteroatoms. The summed E-state index contributed by atoms with van der Waals surface area (Å²) >= 11 is 0. The minimum absolute atomic E-state index is 0. The van der Waals surface area contributed by atoms with Crippen molar-refractivity contribution in [2.75, 3.05) is 32.8 Å². The normalized spacial score (nSPS) is 19.0. The molecule has 156 valence electrons. The Kier molecular flexibility index (Phi) is 8.58. The molecule has 1 heterocycles. The third kappa shape index (κ3) is 5.39. The van der Waals surface area contributed by atoms with Crippen molar-refractivity contribution >= 4 is 35.9 Å². The van der Waals surface area contributed by atoms with Crippen LogP contribution >= 0.6 is 24.0 Å². The van der Waals surface area contributed by atoms with Crippen molar-refractivity contribution in [3.8, 4) is 0 Å². The number of rotatable bonds is 6. The molecule has 1 aromatic rings. The molecule has 1 N–H and O–H groups in total. The van der Waals surface area contributed by atoms with Gasteiger partial charge in [-0.05, 0) is 57.6 Å². The first-order valence-electron chi connectivity index (χ1n) is 10.4. The molecule has 0 atom stereocenters. The number of carbonyl (C=O) groups excluding carboxylic acids is 1. The van der Waals surface area contributed by atoms with Crippen LogP contribution in [0.25, 0.3) is 0 Å². The van der Waals surface area contributed by atoms with E-state index < -0.39 is 0 Å². The van der Waals surface area contributed by atoms with E-state index in [9.17, 15) is 4.79 Å². The minimum Gasteiger partial charge on any atom is -0.466 e. The molecule has 1 aromatic carbocycles. The number of benzene rings is 1. The van der Waals surface area contributed by atoms with Gasteiger partial charge in [0.15, 0.2) is 5.96 Å². The Balaban J connectivity index is 0.00000280. The number of guanidine groups is 1. The molecule has 0 bridgehead atoms. The summed E-state index contributed by atoms with van der Waals surface area (Å²) in [5.41, 5.74) is 3.03. The van der Waals surface area contributed by atoms with Crippen molar-refractivity contribution in [1.82, 2.24) is 10.2 Å². The van der Waals surface area contributed by atoms with E-state index in [1.54, 1.807) is 0 Å². The zero-order chi connectivity index (χ0) is 19.3. The first-order valence-corrected chi connectivity index (χ1v) is 10.4. The smallest absolute Gasteiger partial charge is 0.309 e. The van der Waals surface area contributed by atoms with Crippen molar-refractivity contribution in [3.05, 3.63) is 35.4 Å². The number of nitrogens with one attached hydrogen (secondary N) is 1. The first kappa shape index (κ1) is 23.0. The van der Waals surface area contributed by atoms with E-state index in [1.165, 1.54) is 24.0 Å². The zero-order valence-electron chi connectivity index (χ0n) is 17.4. The Bertz CT molecular complexity index is 680. The van der Waals surface area contributed by atoms with Gasteiger partial charge in [0.25, 0.3) is 0 Å². The lowest BCUT2D eigenvalue weighted by atomic mass is 9.92. The van der Waals surface area contributed by atoms with Gasteiger partial charge in [0.2, 0.25) is 0 Å². The van der Waals surface area contributed by atoms with Crippen LogP contribution in [0.3, 0.4) is 0 Å². The fourth-order valence-electron chi connectivity index (χ4n) is 4.07.